The highest BCUT2D eigenvalue weighted by molar-refractivity contribution is 4.98. The Morgan fingerprint density at radius 3 is 2.71 bits per heavy atom. The van der Waals surface area contributed by atoms with Crippen molar-refractivity contribution in [1.29, 1.82) is 0 Å². The van der Waals surface area contributed by atoms with Gasteiger partial charge < -0.3 is 9.73 Å². The molecule has 0 aliphatic rings. The van der Waals surface area contributed by atoms with E-state index in [1.165, 1.54) is 0 Å². The van der Waals surface area contributed by atoms with Crippen LogP contribution in [-0.4, -0.2) is 30.1 Å². The van der Waals surface area contributed by atoms with Gasteiger partial charge in [0, 0.05) is 18.1 Å². The summed E-state index contributed by atoms with van der Waals surface area (Å²) in [6.07, 6.45) is 2.87. The molecule has 0 bridgehead atoms. The van der Waals surface area contributed by atoms with Crippen LogP contribution in [0.15, 0.2) is 22.8 Å². The molecule has 0 aliphatic carbocycles. The van der Waals surface area contributed by atoms with E-state index in [9.17, 15) is 0 Å². The minimum Gasteiger partial charge on any atom is -0.468 e. The van der Waals surface area contributed by atoms with Gasteiger partial charge in [-0.1, -0.05) is 6.92 Å². The Morgan fingerprint density at radius 1 is 1.47 bits per heavy atom. The lowest BCUT2D eigenvalue weighted by Gasteiger charge is -2.30. The summed E-state index contributed by atoms with van der Waals surface area (Å²) in [6.45, 7) is 10.8. The van der Waals surface area contributed by atoms with Crippen LogP contribution in [0.1, 0.15) is 39.9 Å². The van der Waals surface area contributed by atoms with Crippen LogP contribution in [0.3, 0.4) is 0 Å². The van der Waals surface area contributed by atoms with Gasteiger partial charge in [-0.3, -0.25) is 4.90 Å². The van der Waals surface area contributed by atoms with Crippen LogP contribution in [0.5, 0.6) is 0 Å². The fourth-order valence-electron chi connectivity index (χ4n) is 1.51. The van der Waals surface area contributed by atoms with Gasteiger partial charge >= 0.3 is 0 Å². The predicted molar refractivity (Wildman–Crippen MR) is 72.0 cm³/mol. The smallest absolute Gasteiger partial charge is 0.117 e. The molecule has 0 saturated carbocycles. The highest BCUT2D eigenvalue weighted by Crippen LogP contribution is 2.09. The van der Waals surface area contributed by atoms with Gasteiger partial charge in [-0.2, -0.15) is 0 Å². The van der Waals surface area contributed by atoms with E-state index in [-0.39, 0.29) is 5.54 Å². The molecule has 0 aromatic carbocycles. The molecule has 0 saturated heterocycles. The molecule has 1 aromatic heterocycles. The second-order valence-corrected chi connectivity index (χ2v) is 5.46. The van der Waals surface area contributed by atoms with Crippen molar-refractivity contribution in [2.24, 2.45) is 0 Å². The number of rotatable bonds is 7. The third-order valence-electron chi connectivity index (χ3n) is 3.50. The Kier molecular flexibility index (Phi) is 5.22. The molecule has 1 heterocycles. The van der Waals surface area contributed by atoms with Crippen molar-refractivity contribution in [1.82, 2.24) is 10.2 Å². The summed E-state index contributed by atoms with van der Waals surface area (Å²) in [4.78, 5) is 2.30. The molecule has 1 atom stereocenters. The van der Waals surface area contributed by atoms with E-state index in [0.29, 0.717) is 6.04 Å². The summed E-state index contributed by atoms with van der Waals surface area (Å²) in [5.74, 6) is 1.02. The van der Waals surface area contributed by atoms with Crippen molar-refractivity contribution in [3.63, 3.8) is 0 Å². The van der Waals surface area contributed by atoms with Crippen molar-refractivity contribution < 1.29 is 4.42 Å². The van der Waals surface area contributed by atoms with Crippen molar-refractivity contribution in [3.05, 3.63) is 24.2 Å². The zero-order valence-electron chi connectivity index (χ0n) is 11.8. The molecule has 98 valence electrons. The van der Waals surface area contributed by atoms with Gasteiger partial charge in [0.2, 0.25) is 0 Å². The maximum atomic E-state index is 5.36. The first kappa shape index (κ1) is 14.3. The van der Waals surface area contributed by atoms with Crippen molar-refractivity contribution >= 4 is 0 Å². The first-order chi connectivity index (χ1) is 7.94. The molecule has 17 heavy (non-hydrogen) atoms. The van der Waals surface area contributed by atoms with Crippen LogP contribution in [0, 0.1) is 0 Å². The van der Waals surface area contributed by atoms with Crippen LogP contribution < -0.4 is 5.32 Å². The van der Waals surface area contributed by atoms with Gasteiger partial charge in [-0.05, 0) is 46.4 Å². The number of nitrogens with one attached hydrogen (secondary N) is 1. The number of likely N-dealkylation sites (N-methyl/N-ethyl adjacent to an activating group) is 1. The predicted octanol–water partition coefficient (Wildman–Crippen LogP) is 2.88. The molecule has 0 radical (unpaired) electrons. The molecule has 1 rings (SSSR count). The number of nitrogens with zero attached hydrogens (tertiary/aromatic N) is 1. The lowest BCUT2D eigenvalue weighted by molar-refractivity contribution is 0.209. The summed E-state index contributed by atoms with van der Waals surface area (Å²) in [6, 6.07) is 4.45. The van der Waals surface area contributed by atoms with Gasteiger partial charge in [-0.25, -0.2) is 0 Å². The Morgan fingerprint density at radius 2 is 2.18 bits per heavy atom. The Hall–Kier alpha value is -0.800. The van der Waals surface area contributed by atoms with E-state index in [2.05, 4.69) is 45.0 Å². The highest BCUT2D eigenvalue weighted by Gasteiger charge is 2.17. The molecule has 3 heteroatoms. The SMILES string of the molecule is CCC(C)(C)NCC(C)N(C)Cc1ccco1. The fraction of sp³-hybridized carbons (Fsp3) is 0.714. The minimum atomic E-state index is 0.222. The normalized spacial score (nSPS) is 14.2. The van der Waals surface area contributed by atoms with Crippen LogP contribution in [-0.2, 0) is 6.54 Å². The van der Waals surface area contributed by atoms with Gasteiger partial charge in [0.1, 0.15) is 5.76 Å². The first-order valence-corrected chi connectivity index (χ1v) is 6.42. The van der Waals surface area contributed by atoms with E-state index < -0.39 is 0 Å². The Balaban J connectivity index is 2.34. The third-order valence-corrected chi connectivity index (χ3v) is 3.50. The quantitative estimate of drug-likeness (QED) is 0.792. The molecule has 1 unspecified atom stereocenters. The second-order valence-electron chi connectivity index (χ2n) is 5.46. The average molecular weight is 238 g/mol. The van der Waals surface area contributed by atoms with Crippen LogP contribution in [0.2, 0.25) is 0 Å². The fourth-order valence-corrected chi connectivity index (χ4v) is 1.51. The van der Waals surface area contributed by atoms with Gasteiger partial charge in [0.15, 0.2) is 0 Å². The molecule has 3 nitrogen and oxygen atoms in total. The van der Waals surface area contributed by atoms with Crippen molar-refractivity contribution in [3.8, 4) is 0 Å². The molecular formula is C14H26N2O. The summed E-state index contributed by atoms with van der Waals surface area (Å²) < 4.78 is 5.36. The number of furan rings is 1. The molecule has 1 N–H and O–H groups in total. The molecule has 0 fully saturated rings. The summed E-state index contributed by atoms with van der Waals surface area (Å²) in [5, 5.41) is 3.60. The maximum absolute atomic E-state index is 5.36. The topological polar surface area (TPSA) is 28.4 Å². The average Bonchev–Trinajstić information content (AvgIpc) is 2.78. The standard InChI is InChI=1S/C14H26N2O/c1-6-14(3,4)15-10-12(2)16(5)11-13-8-7-9-17-13/h7-9,12,15H,6,10-11H2,1-5H3. The van der Waals surface area contributed by atoms with Gasteiger partial charge in [-0.15, -0.1) is 0 Å². The van der Waals surface area contributed by atoms with Gasteiger partial charge in [0.05, 0.1) is 12.8 Å². The summed E-state index contributed by atoms with van der Waals surface area (Å²) >= 11 is 0. The maximum Gasteiger partial charge on any atom is 0.117 e. The lowest BCUT2D eigenvalue weighted by atomic mass is 10.0. The zero-order valence-corrected chi connectivity index (χ0v) is 11.8. The Labute approximate surface area is 105 Å². The minimum absolute atomic E-state index is 0.222. The number of hydrogen-bond acceptors (Lipinski definition) is 3. The van der Waals surface area contributed by atoms with Crippen LogP contribution >= 0.6 is 0 Å². The monoisotopic (exact) mass is 238 g/mol. The van der Waals surface area contributed by atoms with E-state index >= 15 is 0 Å². The third kappa shape index (κ3) is 4.92. The summed E-state index contributed by atoms with van der Waals surface area (Å²) in [5.41, 5.74) is 0.222. The van der Waals surface area contributed by atoms with Crippen molar-refractivity contribution in [2.75, 3.05) is 13.6 Å². The largest absolute Gasteiger partial charge is 0.468 e. The van der Waals surface area contributed by atoms with Crippen molar-refractivity contribution in [2.45, 2.75) is 52.2 Å². The Bertz CT molecular complexity index is 306. The lowest BCUT2D eigenvalue weighted by Crippen LogP contribution is -2.46. The van der Waals surface area contributed by atoms with Crippen LogP contribution in [0.25, 0.3) is 0 Å². The van der Waals surface area contributed by atoms with Crippen LogP contribution in [0.4, 0.5) is 0 Å². The zero-order chi connectivity index (χ0) is 12.9. The van der Waals surface area contributed by atoms with E-state index in [1.807, 2.05) is 12.1 Å². The van der Waals surface area contributed by atoms with E-state index in [4.69, 9.17) is 4.42 Å². The van der Waals surface area contributed by atoms with Gasteiger partial charge in [0.25, 0.3) is 0 Å². The molecule has 0 spiro atoms. The highest BCUT2D eigenvalue weighted by atomic mass is 16.3. The molecule has 1 aromatic rings. The van der Waals surface area contributed by atoms with E-state index in [1.54, 1.807) is 6.26 Å². The van der Waals surface area contributed by atoms with E-state index in [0.717, 1.165) is 25.3 Å². The molecule has 0 amide bonds. The molecular weight excluding hydrogens is 212 g/mol. The molecule has 0 aliphatic heterocycles. The second kappa shape index (κ2) is 6.22. The first-order valence-electron chi connectivity index (χ1n) is 6.42. The number of hydrogen-bond donors (Lipinski definition) is 1. The summed E-state index contributed by atoms with van der Waals surface area (Å²) in [7, 11) is 2.13.